The van der Waals surface area contributed by atoms with Crippen LogP contribution in [0.25, 0.3) is 0 Å². The summed E-state index contributed by atoms with van der Waals surface area (Å²) in [5.74, 6) is -4.03. The van der Waals surface area contributed by atoms with Crippen molar-refractivity contribution in [3.63, 3.8) is 0 Å². The van der Waals surface area contributed by atoms with Crippen LogP contribution in [0.15, 0.2) is 12.3 Å². The molecule has 118 valence electrons. The number of nitrogens with two attached hydrogens (primary N) is 1. The predicted molar refractivity (Wildman–Crippen MR) is 76.5 cm³/mol. The maximum atomic E-state index is 13.9. The second-order valence-corrected chi connectivity index (χ2v) is 5.82. The van der Waals surface area contributed by atoms with Crippen molar-refractivity contribution in [3.05, 3.63) is 23.5 Å². The normalized spacial score (nSPS) is 12.6. The molecule has 5 nitrogen and oxygen atoms in total. The van der Waals surface area contributed by atoms with E-state index in [0.717, 1.165) is 13.8 Å². The van der Waals surface area contributed by atoms with Crippen molar-refractivity contribution in [2.45, 2.75) is 51.7 Å². The molecule has 0 aliphatic rings. The van der Waals surface area contributed by atoms with E-state index in [1.807, 2.05) is 13.8 Å². The third-order valence-corrected chi connectivity index (χ3v) is 2.97. The monoisotopic (exact) mass is 301 g/mol. The molecule has 7 heteroatoms. The maximum absolute atomic E-state index is 13.9. The lowest BCUT2D eigenvalue weighted by Gasteiger charge is -2.28. The van der Waals surface area contributed by atoms with Crippen molar-refractivity contribution in [3.8, 4) is 0 Å². The highest BCUT2D eigenvalue weighted by atomic mass is 19.3. The van der Waals surface area contributed by atoms with Crippen LogP contribution in [0.1, 0.15) is 43.7 Å². The lowest BCUT2D eigenvalue weighted by molar-refractivity contribution is -0.160. The van der Waals surface area contributed by atoms with E-state index in [0.29, 0.717) is 5.69 Å². The number of hydrogen-bond acceptors (Lipinski definition) is 4. The number of aromatic nitrogens is 1. The minimum atomic E-state index is -3.34. The summed E-state index contributed by atoms with van der Waals surface area (Å²) >= 11 is 0. The van der Waals surface area contributed by atoms with Crippen LogP contribution >= 0.6 is 0 Å². The number of primary amides is 1. The lowest BCUT2D eigenvalue weighted by atomic mass is 9.95. The fourth-order valence-electron chi connectivity index (χ4n) is 1.67. The number of nitrogens with one attached hydrogen (secondary N) is 1. The Balaban J connectivity index is 3.14. The fraction of sp³-hybridized carbons (Fsp3) is 0.571. The SMILES string of the molecule is CC(C)Nc1cc(CC(F)(F)C(C)(C)O)ncc1C(N)=O. The molecule has 1 rings (SSSR count). The van der Waals surface area contributed by atoms with E-state index < -0.39 is 23.9 Å². The number of amides is 1. The summed E-state index contributed by atoms with van der Waals surface area (Å²) in [5, 5.41) is 12.5. The summed E-state index contributed by atoms with van der Waals surface area (Å²) in [5.41, 5.74) is 3.62. The highest BCUT2D eigenvalue weighted by Crippen LogP contribution is 2.32. The average Bonchev–Trinajstić information content (AvgIpc) is 2.25. The molecule has 21 heavy (non-hydrogen) atoms. The molecule has 0 unspecified atom stereocenters. The Labute approximate surface area is 122 Å². The van der Waals surface area contributed by atoms with Gasteiger partial charge in [0.15, 0.2) is 0 Å². The number of pyridine rings is 1. The van der Waals surface area contributed by atoms with Crippen molar-refractivity contribution in [2.75, 3.05) is 5.32 Å². The molecule has 0 aliphatic carbocycles. The Morgan fingerprint density at radius 1 is 1.48 bits per heavy atom. The van der Waals surface area contributed by atoms with Crippen molar-refractivity contribution in [2.24, 2.45) is 5.73 Å². The molecule has 0 aliphatic heterocycles. The first-order valence-electron chi connectivity index (χ1n) is 6.59. The summed E-state index contributed by atoms with van der Waals surface area (Å²) in [7, 11) is 0. The van der Waals surface area contributed by atoms with Crippen molar-refractivity contribution in [1.82, 2.24) is 4.98 Å². The molecule has 1 aromatic rings. The number of nitrogens with zero attached hydrogens (tertiary/aromatic N) is 1. The summed E-state index contributed by atoms with van der Waals surface area (Å²) in [6.07, 6.45) is 0.436. The first-order valence-corrected chi connectivity index (χ1v) is 6.59. The second-order valence-electron chi connectivity index (χ2n) is 5.82. The average molecular weight is 301 g/mol. The smallest absolute Gasteiger partial charge is 0.281 e. The Hall–Kier alpha value is -1.76. The van der Waals surface area contributed by atoms with Gasteiger partial charge in [0, 0.05) is 17.9 Å². The predicted octanol–water partition coefficient (Wildman–Crippen LogP) is 1.95. The summed E-state index contributed by atoms with van der Waals surface area (Å²) in [4.78, 5) is 15.1. The molecule has 0 bridgehead atoms. The zero-order valence-corrected chi connectivity index (χ0v) is 12.6. The Bertz CT molecular complexity index is 525. The van der Waals surface area contributed by atoms with Crippen LogP contribution in [0.3, 0.4) is 0 Å². The summed E-state index contributed by atoms with van der Waals surface area (Å²) < 4.78 is 27.7. The topological polar surface area (TPSA) is 88.2 Å². The fourth-order valence-corrected chi connectivity index (χ4v) is 1.67. The molecule has 4 N–H and O–H groups in total. The first kappa shape index (κ1) is 17.3. The Morgan fingerprint density at radius 2 is 2.05 bits per heavy atom. The number of hydrogen-bond donors (Lipinski definition) is 3. The summed E-state index contributed by atoms with van der Waals surface area (Å²) in [6.45, 7) is 5.77. The minimum absolute atomic E-state index is 0.00635. The number of alkyl halides is 2. The van der Waals surface area contributed by atoms with Crippen LogP contribution in [0.5, 0.6) is 0 Å². The van der Waals surface area contributed by atoms with Crippen molar-refractivity contribution >= 4 is 11.6 Å². The van der Waals surface area contributed by atoms with E-state index in [9.17, 15) is 18.7 Å². The van der Waals surface area contributed by atoms with Gasteiger partial charge >= 0.3 is 0 Å². The van der Waals surface area contributed by atoms with E-state index in [1.165, 1.54) is 12.3 Å². The molecule has 1 amide bonds. The van der Waals surface area contributed by atoms with Gasteiger partial charge in [0.05, 0.1) is 17.7 Å². The quantitative estimate of drug-likeness (QED) is 0.749. The van der Waals surface area contributed by atoms with Gasteiger partial charge in [-0.3, -0.25) is 9.78 Å². The van der Waals surface area contributed by atoms with Gasteiger partial charge in [-0.1, -0.05) is 0 Å². The van der Waals surface area contributed by atoms with Gasteiger partial charge in [0.25, 0.3) is 11.8 Å². The minimum Gasteiger partial charge on any atom is -0.384 e. The standard InChI is InChI=1S/C14H21F2N3O2/c1-8(2)19-11-5-9(18-7-10(11)12(17)20)6-14(15,16)13(3,4)21/h5,7-8,21H,6H2,1-4H3,(H2,17,20)(H,18,19). The lowest BCUT2D eigenvalue weighted by Crippen LogP contribution is -2.44. The van der Waals surface area contributed by atoms with E-state index in [4.69, 9.17) is 5.73 Å². The van der Waals surface area contributed by atoms with Gasteiger partial charge in [-0.05, 0) is 33.8 Å². The van der Waals surface area contributed by atoms with Crippen LogP contribution in [0.4, 0.5) is 14.5 Å². The highest BCUT2D eigenvalue weighted by Gasteiger charge is 2.45. The Morgan fingerprint density at radius 3 is 2.48 bits per heavy atom. The molecule has 0 saturated carbocycles. The number of rotatable bonds is 6. The van der Waals surface area contributed by atoms with Crippen LogP contribution < -0.4 is 11.1 Å². The van der Waals surface area contributed by atoms with Crippen LogP contribution in [0, 0.1) is 0 Å². The number of carbonyl (C=O) groups is 1. The van der Waals surface area contributed by atoms with Crippen LogP contribution in [0.2, 0.25) is 0 Å². The molecule has 0 radical (unpaired) electrons. The van der Waals surface area contributed by atoms with Crippen LogP contribution in [-0.4, -0.2) is 33.6 Å². The number of carbonyl (C=O) groups excluding carboxylic acids is 1. The van der Waals surface area contributed by atoms with E-state index in [-0.39, 0.29) is 17.3 Å². The van der Waals surface area contributed by atoms with Gasteiger partial charge < -0.3 is 16.2 Å². The van der Waals surface area contributed by atoms with E-state index in [2.05, 4.69) is 10.3 Å². The number of anilines is 1. The largest absolute Gasteiger partial charge is 0.384 e. The molecular weight excluding hydrogens is 280 g/mol. The molecule has 0 spiro atoms. The molecule has 1 heterocycles. The van der Waals surface area contributed by atoms with Crippen molar-refractivity contribution < 1.29 is 18.7 Å². The van der Waals surface area contributed by atoms with E-state index >= 15 is 0 Å². The number of aliphatic hydroxyl groups is 1. The zero-order valence-electron chi connectivity index (χ0n) is 12.6. The first-order chi connectivity index (χ1) is 9.44. The van der Waals surface area contributed by atoms with Gasteiger partial charge in [0.1, 0.15) is 5.60 Å². The molecule has 0 atom stereocenters. The molecule has 0 fully saturated rings. The highest BCUT2D eigenvalue weighted by molar-refractivity contribution is 5.98. The molecule has 1 aromatic heterocycles. The van der Waals surface area contributed by atoms with Gasteiger partial charge in [-0.2, -0.15) is 0 Å². The Kier molecular flexibility index (Phi) is 4.88. The maximum Gasteiger partial charge on any atom is 0.281 e. The van der Waals surface area contributed by atoms with Gasteiger partial charge in [-0.25, -0.2) is 8.78 Å². The summed E-state index contributed by atoms with van der Waals surface area (Å²) in [6, 6.07) is 1.35. The third-order valence-electron chi connectivity index (χ3n) is 2.97. The van der Waals surface area contributed by atoms with E-state index in [1.54, 1.807) is 0 Å². The second kappa shape index (κ2) is 5.93. The third kappa shape index (κ3) is 4.35. The van der Waals surface area contributed by atoms with Crippen molar-refractivity contribution in [1.29, 1.82) is 0 Å². The zero-order chi connectivity index (χ0) is 16.4. The molecule has 0 aromatic carbocycles. The molecular formula is C14H21F2N3O2. The van der Waals surface area contributed by atoms with Crippen LogP contribution in [-0.2, 0) is 6.42 Å². The van der Waals surface area contributed by atoms with Gasteiger partial charge in [-0.15, -0.1) is 0 Å². The van der Waals surface area contributed by atoms with Gasteiger partial charge in [0.2, 0.25) is 0 Å². The number of halogens is 2. The molecule has 0 saturated heterocycles.